The molecular formula is C15H19NO5. The van der Waals surface area contributed by atoms with Crippen LogP contribution in [0.25, 0.3) is 0 Å². The molecule has 1 aliphatic rings. The smallest absolute Gasteiger partial charge is 0.305 e. The number of hydrogen-bond acceptors (Lipinski definition) is 4. The number of nitrogens with one attached hydrogen (secondary N) is 1. The summed E-state index contributed by atoms with van der Waals surface area (Å²) >= 11 is 0. The van der Waals surface area contributed by atoms with Gasteiger partial charge in [-0.1, -0.05) is 13.8 Å². The molecule has 0 saturated carbocycles. The Balaban J connectivity index is 2.17. The number of rotatable bonds is 6. The highest BCUT2D eigenvalue weighted by Crippen LogP contribution is 2.32. The van der Waals surface area contributed by atoms with Crippen LogP contribution in [0.15, 0.2) is 18.2 Å². The van der Waals surface area contributed by atoms with Crippen LogP contribution in [0.3, 0.4) is 0 Å². The van der Waals surface area contributed by atoms with Crippen molar-refractivity contribution < 1.29 is 24.2 Å². The maximum Gasteiger partial charge on any atom is 0.305 e. The molecule has 0 spiro atoms. The zero-order valence-corrected chi connectivity index (χ0v) is 12.1. The first-order chi connectivity index (χ1) is 9.99. The predicted molar refractivity (Wildman–Crippen MR) is 75.6 cm³/mol. The van der Waals surface area contributed by atoms with Gasteiger partial charge in [0.05, 0.1) is 12.0 Å². The average molecular weight is 293 g/mol. The summed E-state index contributed by atoms with van der Waals surface area (Å²) in [4.78, 5) is 23.4. The van der Waals surface area contributed by atoms with E-state index < -0.39 is 11.5 Å². The van der Waals surface area contributed by atoms with E-state index in [9.17, 15) is 9.59 Å². The van der Waals surface area contributed by atoms with Gasteiger partial charge in [-0.2, -0.15) is 0 Å². The van der Waals surface area contributed by atoms with Crippen molar-refractivity contribution in [1.29, 1.82) is 0 Å². The third-order valence-electron chi connectivity index (χ3n) is 3.86. The van der Waals surface area contributed by atoms with E-state index >= 15 is 0 Å². The molecule has 0 unspecified atom stereocenters. The summed E-state index contributed by atoms with van der Waals surface area (Å²) in [6.45, 7) is 3.88. The zero-order chi connectivity index (χ0) is 15.5. The van der Waals surface area contributed by atoms with Gasteiger partial charge in [0.15, 0.2) is 11.5 Å². The van der Waals surface area contributed by atoms with Crippen LogP contribution in [0.1, 0.15) is 43.5 Å². The maximum atomic E-state index is 12.4. The van der Waals surface area contributed by atoms with Crippen LogP contribution < -0.4 is 14.8 Å². The lowest BCUT2D eigenvalue weighted by Gasteiger charge is -2.31. The summed E-state index contributed by atoms with van der Waals surface area (Å²) in [5, 5.41) is 11.9. The van der Waals surface area contributed by atoms with Crippen LogP contribution in [0.2, 0.25) is 0 Å². The fraction of sp³-hybridized carbons (Fsp3) is 0.467. The number of fused-ring (bicyclic) bond motifs is 1. The van der Waals surface area contributed by atoms with Crippen LogP contribution in [0.5, 0.6) is 11.5 Å². The second-order valence-electron chi connectivity index (χ2n) is 5.08. The van der Waals surface area contributed by atoms with Crippen LogP contribution in [-0.4, -0.2) is 29.3 Å². The molecule has 0 fully saturated rings. The highest BCUT2D eigenvalue weighted by molar-refractivity contribution is 5.95. The molecule has 2 N–H and O–H groups in total. The number of benzene rings is 1. The molecule has 1 heterocycles. The van der Waals surface area contributed by atoms with Crippen LogP contribution >= 0.6 is 0 Å². The van der Waals surface area contributed by atoms with E-state index in [0.717, 1.165) is 0 Å². The Bertz CT molecular complexity index is 551. The standard InChI is InChI=1S/C15H19NO5/c1-3-15(4-2,8-13(17)18)16-14(19)10-5-6-11-12(7-10)21-9-20-11/h5-7H,3-4,8-9H2,1-2H3,(H,16,19)(H,17,18). The van der Waals surface area contributed by atoms with Gasteiger partial charge in [-0.05, 0) is 31.0 Å². The number of carbonyl (C=O) groups excluding carboxylic acids is 1. The summed E-state index contributed by atoms with van der Waals surface area (Å²) in [6.07, 6.45) is 0.995. The highest BCUT2D eigenvalue weighted by Gasteiger charge is 2.31. The van der Waals surface area contributed by atoms with Gasteiger partial charge in [0, 0.05) is 5.56 Å². The molecule has 1 aromatic carbocycles. The largest absolute Gasteiger partial charge is 0.481 e. The van der Waals surface area contributed by atoms with Crippen LogP contribution in [-0.2, 0) is 4.79 Å². The van der Waals surface area contributed by atoms with E-state index in [0.29, 0.717) is 29.9 Å². The molecule has 0 aromatic heterocycles. The molecular weight excluding hydrogens is 274 g/mol. The first-order valence-electron chi connectivity index (χ1n) is 6.93. The minimum absolute atomic E-state index is 0.101. The second-order valence-corrected chi connectivity index (χ2v) is 5.08. The van der Waals surface area contributed by atoms with Crippen molar-refractivity contribution in [3.63, 3.8) is 0 Å². The van der Waals surface area contributed by atoms with Gasteiger partial charge in [0.25, 0.3) is 5.91 Å². The van der Waals surface area contributed by atoms with Crippen molar-refractivity contribution in [1.82, 2.24) is 5.32 Å². The molecule has 1 aliphatic heterocycles. The van der Waals surface area contributed by atoms with Crippen molar-refractivity contribution >= 4 is 11.9 Å². The molecule has 6 heteroatoms. The minimum Gasteiger partial charge on any atom is -0.481 e. The Morgan fingerprint density at radius 3 is 2.52 bits per heavy atom. The highest BCUT2D eigenvalue weighted by atomic mass is 16.7. The Kier molecular flexibility index (Phi) is 4.35. The molecule has 0 atom stereocenters. The molecule has 0 saturated heterocycles. The first-order valence-corrected chi connectivity index (χ1v) is 6.93. The van der Waals surface area contributed by atoms with Gasteiger partial charge >= 0.3 is 5.97 Å². The number of carboxylic acid groups (broad SMARTS) is 1. The minimum atomic E-state index is -0.926. The Labute approximate surface area is 123 Å². The third-order valence-corrected chi connectivity index (χ3v) is 3.86. The number of amides is 1. The zero-order valence-electron chi connectivity index (χ0n) is 12.1. The number of carboxylic acids is 1. The lowest BCUT2D eigenvalue weighted by molar-refractivity contribution is -0.138. The van der Waals surface area contributed by atoms with Gasteiger partial charge in [-0.15, -0.1) is 0 Å². The van der Waals surface area contributed by atoms with Crippen molar-refractivity contribution in [3.8, 4) is 11.5 Å². The van der Waals surface area contributed by atoms with E-state index in [1.807, 2.05) is 13.8 Å². The van der Waals surface area contributed by atoms with Crippen molar-refractivity contribution in [3.05, 3.63) is 23.8 Å². The summed E-state index contributed by atoms with van der Waals surface area (Å²) in [6, 6.07) is 4.92. The van der Waals surface area contributed by atoms with E-state index in [-0.39, 0.29) is 19.1 Å². The molecule has 1 amide bonds. The van der Waals surface area contributed by atoms with Gasteiger partial charge in [0.2, 0.25) is 6.79 Å². The molecule has 1 aromatic rings. The number of hydrogen-bond donors (Lipinski definition) is 2. The fourth-order valence-corrected chi connectivity index (χ4v) is 2.36. The summed E-state index contributed by atoms with van der Waals surface area (Å²) in [5.41, 5.74) is -0.310. The molecule has 0 bridgehead atoms. The topological polar surface area (TPSA) is 84.9 Å². The first kappa shape index (κ1) is 15.2. The van der Waals surface area contributed by atoms with E-state index in [2.05, 4.69) is 5.32 Å². The SMILES string of the molecule is CCC(CC)(CC(=O)O)NC(=O)c1ccc2c(c1)OCO2. The molecule has 21 heavy (non-hydrogen) atoms. The molecule has 6 nitrogen and oxygen atoms in total. The van der Waals surface area contributed by atoms with Gasteiger partial charge in [-0.3, -0.25) is 9.59 Å². The predicted octanol–water partition coefficient (Wildman–Crippen LogP) is 2.18. The lowest BCUT2D eigenvalue weighted by Crippen LogP contribution is -2.49. The fourth-order valence-electron chi connectivity index (χ4n) is 2.36. The molecule has 0 radical (unpaired) electrons. The van der Waals surface area contributed by atoms with Crippen LogP contribution in [0.4, 0.5) is 0 Å². The van der Waals surface area contributed by atoms with Gasteiger partial charge in [-0.25, -0.2) is 0 Å². The number of aliphatic carboxylic acids is 1. The van der Waals surface area contributed by atoms with Crippen molar-refractivity contribution in [2.75, 3.05) is 6.79 Å². The lowest BCUT2D eigenvalue weighted by atomic mass is 9.88. The van der Waals surface area contributed by atoms with E-state index in [1.54, 1.807) is 18.2 Å². The van der Waals surface area contributed by atoms with E-state index in [1.165, 1.54) is 0 Å². The number of carbonyl (C=O) groups is 2. The Morgan fingerprint density at radius 1 is 1.24 bits per heavy atom. The van der Waals surface area contributed by atoms with Gasteiger partial charge in [0.1, 0.15) is 0 Å². The summed E-state index contributed by atoms with van der Waals surface area (Å²) in [7, 11) is 0. The average Bonchev–Trinajstić information content (AvgIpc) is 2.93. The van der Waals surface area contributed by atoms with Gasteiger partial charge < -0.3 is 19.9 Å². The second kappa shape index (κ2) is 6.03. The monoisotopic (exact) mass is 293 g/mol. The Morgan fingerprint density at radius 2 is 1.90 bits per heavy atom. The number of ether oxygens (including phenoxy) is 2. The van der Waals surface area contributed by atoms with Crippen molar-refractivity contribution in [2.24, 2.45) is 0 Å². The summed E-state index contributed by atoms with van der Waals surface area (Å²) < 4.78 is 10.4. The van der Waals surface area contributed by atoms with E-state index in [4.69, 9.17) is 14.6 Å². The third kappa shape index (κ3) is 3.26. The maximum absolute atomic E-state index is 12.4. The van der Waals surface area contributed by atoms with Crippen LogP contribution in [0, 0.1) is 0 Å². The molecule has 0 aliphatic carbocycles. The quantitative estimate of drug-likeness (QED) is 0.839. The normalized spacial score (nSPS) is 13.0. The molecule has 114 valence electrons. The molecule has 2 rings (SSSR count). The summed E-state index contributed by atoms with van der Waals surface area (Å²) in [5.74, 6) is -0.100. The Hall–Kier alpha value is -2.24. The van der Waals surface area contributed by atoms with Crippen molar-refractivity contribution in [2.45, 2.75) is 38.6 Å².